The molecular weight excluding hydrogens is 1170 g/mol. The lowest BCUT2D eigenvalue weighted by Gasteiger charge is -2.47. The maximum Gasteiger partial charge on any atom is 0.252 e. The normalized spacial score (nSPS) is 13.0. The van der Waals surface area contributed by atoms with Crippen LogP contribution in [0.2, 0.25) is 0 Å². The molecule has 2 aliphatic heterocycles. The van der Waals surface area contributed by atoms with Crippen LogP contribution >= 0.6 is 0 Å². The van der Waals surface area contributed by atoms with E-state index in [1.807, 2.05) is 0 Å². The second kappa shape index (κ2) is 22.4. The van der Waals surface area contributed by atoms with Gasteiger partial charge < -0.3 is 18.9 Å². The van der Waals surface area contributed by atoms with Crippen molar-refractivity contribution in [3.63, 3.8) is 0 Å². The third kappa shape index (κ3) is 9.48. The fourth-order valence-corrected chi connectivity index (χ4v) is 16.5. The minimum Gasteiger partial charge on any atom is -0.310 e. The highest BCUT2D eigenvalue weighted by Crippen LogP contribution is 2.56. The Balaban J connectivity index is 1.09. The smallest absolute Gasteiger partial charge is 0.252 e. The van der Waals surface area contributed by atoms with Crippen molar-refractivity contribution in [1.82, 2.24) is 9.13 Å². The number of nitrogens with zero attached hydrogens (tertiary/aromatic N) is 4. The molecule has 0 bridgehead atoms. The first kappa shape index (κ1) is 59.8. The van der Waals surface area contributed by atoms with Gasteiger partial charge >= 0.3 is 0 Å². The molecule has 0 fully saturated rings. The molecule has 0 amide bonds. The molecule has 13 aromatic carbocycles. The number of rotatable bonds is 8. The third-order valence-electron chi connectivity index (χ3n) is 21.0. The first-order chi connectivity index (χ1) is 46.9. The van der Waals surface area contributed by atoms with Gasteiger partial charge in [-0.3, -0.25) is 0 Å². The minimum atomic E-state index is -0.311. The fourth-order valence-electron chi connectivity index (χ4n) is 16.5. The van der Waals surface area contributed by atoms with Crippen molar-refractivity contribution in [2.75, 3.05) is 9.80 Å². The zero-order valence-corrected chi connectivity index (χ0v) is 57.4. The van der Waals surface area contributed by atoms with Crippen LogP contribution in [0, 0.1) is 13.8 Å². The predicted molar refractivity (Wildman–Crippen MR) is 416 cm³/mol. The van der Waals surface area contributed by atoms with Gasteiger partial charge in [0, 0.05) is 55.4 Å². The number of hydrogen-bond donors (Lipinski definition) is 0. The van der Waals surface area contributed by atoms with Crippen LogP contribution in [0.5, 0.6) is 0 Å². The van der Waals surface area contributed by atoms with E-state index < -0.39 is 0 Å². The number of fused-ring (bicyclic) bond motifs is 10. The lowest BCUT2D eigenvalue weighted by molar-refractivity contribution is 0.590. The Morgan fingerprint density at radius 3 is 0.897 bits per heavy atom. The molecule has 15 aromatic rings. The summed E-state index contributed by atoms with van der Waals surface area (Å²) in [7, 11) is 0. The number of aromatic nitrogens is 2. The van der Waals surface area contributed by atoms with Crippen molar-refractivity contribution < 1.29 is 0 Å². The lowest BCUT2D eigenvalue weighted by Crippen LogP contribution is -2.62. The van der Waals surface area contributed by atoms with Crippen LogP contribution in [0.25, 0.3) is 99.5 Å². The third-order valence-corrected chi connectivity index (χ3v) is 21.0. The molecule has 2 aliphatic rings. The van der Waals surface area contributed by atoms with Crippen LogP contribution in [-0.4, -0.2) is 15.8 Å². The zero-order valence-electron chi connectivity index (χ0n) is 57.4. The van der Waals surface area contributed by atoms with Gasteiger partial charge in [-0.15, -0.1) is 0 Å². The second-order valence-corrected chi connectivity index (χ2v) is 30.1. The molecule has 0 N–H and O–H groups in total. The molecule has 4 heterocycles. The summed E-state index contributed by atoms with van der Waals surface area (Å²) < 4.78 is 5.08. The van der Waals surface area contributed by atoms with E-state index in [2.05, 4.69) is 374 Å². The molecule has 2 aromatic heterocycles. The van der Waals surface area contributed by atoms with Crippen LogP contribution in [-0.2, 0) is 16.2 Å². The van der Waals surface area contributed by atoms with E-state index in [1.54, 1.807) is 0 Å². The molecule has 17 rings (SSSR count). The van der Waals surface area contributed by atoms with Gasteiger partial charge in [0.1, 0.15) is 0 Å². The van der Waals surface area contributed by atoms with Crippen molar-refractivity contribution in [3.05, 3.63) is 307 Å². The summed E-state index contributed by atoms with van der Waals surface area (Å²) in [5.41, 5.74) is 32.9. The van der Waals surface area contributed by atoms with Crippen LogP contribution in [0.1, 0.15) is 90.1 Å². The molecule has 0 saturated heterocycles. The number of benzene rings is 13. The number of para-hydroxylation sites is 4. The molecule has 4 nitrogen and oxygen atoms in total. The molecule has 0 saturated carbocycles. The molecule has 5 heteroatoms. The molecule has 470 valence electrons. The Kier molecular flexibility index (Phi) is 13.8. The average Bonchev–Trinajstić information content (AvgIpc) is 0.782. The first-order valence-corrected chi connectivity index (χ1v) is 34.5. The lowest BCUT2D eigenvalue weighted by atomic mass is 9.33. The summed E-state index contributed by atoms with van der Waals surface area (Å²) in [5, 5.41) is 4.96. The van der Waals surface area contributed by atoms with Crippen molar-refractivity contribution in [2.24, 2.45) is 0 Å². The highest BCUT2D eigenvalue weighted by Gasteiger charge is 2.47. The standard InChI is InChI=1S/C92H79BN4/c1-58-75(94-77-44-28-24-40-67(77)68-41-25-29-45-78(68)94)50-48-73-88(58)96(81-54-64(60-32-16-12-17-33-60)52-71(91(6,7)8)85(81)62-36-20-14-21-37-62)83-56-66(90(3,4)5)57-84-87(83)93(73)74-49-51-76(95-79-46-30-26-42-69(79)70-43-27-31-47-80(70)95)59(2)89(74)97(84)82-55-65(61-34-18-13-19-35-61)53-72(92(9,10)11)86(82)63-38-22-15-23-39-63/h12-57H,1-11H3. The Morgan fingerprint density at radius 1 is 0.268 bits per heavy atom. The van der Waals surface area contributed by atoms with Gasteiger partial charge in [-0.1, -0.05) is 269 Å². The zero-order chi connectivity index (χ0) is 66.4. The quantitative estimate of drug-likeness (QED) is 0.141. The maximum absolute atomic E-state index is 2.76. The molecule has 0 radical (unpaired) electrons. The Hall–Kier alpha value is -10.9. The highest BCUT2D eigenvalue weighted by atomic mass is 15.2. The summed E-state index contributed by atoms with van der Waals surface area (Å²) in [6.45, 7) is 26.2. The van der Waals surface area contributed by atoms with Crippen LogP contribution in [0.15, 0.2) is 279 Å². The van der Waals surface area contributed by atoms with Crippen LogP contribution < -0.4 is 26.2 Å². The Morgan fingerprint density at radius 2 is 0.577 bits per heavy atom. The number of anilines is 6. The van der Waals surface area contributed by atoms with E-state index in [9.17, 15) is 0 Å². The summed E-state index contributed by atoms with van der Waals surface area (Å²) in [5.74, 6) is 0. The van der Waals surface area contributed by atoms with E-state index in [-0.39, 0.29) is 23.0 Å². The second-order valence-electron chi connectivity index (χ2n) is 30.1. The van der Waals surface area contributed by atoms with Crippen LogP contribution in [0.4, 0.5) is 34.1 Å². The average molecular weight is 1250 g/mol. The Bertz CT molecular complexity index is 5210. The van der Waals surface area contributed by atoms with Gasteiger partial charge in [-0.25, -0.2) is 0 Å². The molecule has 0 aliphatic carbocycles. The molecule has 0 unspecified atom stereocenters. The van der Waals surface area contributed by atoms with Gasteiger partial charge in [0.05, 0.1) is 44.8 Å². The van der Waals surface area contributed by atoms with Crippen molar-refractivity contribution in [3.8, 4) is 55.9 Å². The van der Waals surface area contributed by atoms with Crippen molar-refractivity contribution in [1.29, 1.82) is 0 Å². The van der Waals surface area contributed by atoms with E-state index in [0.29, 0.717) is 0 Å². The van der Waals surface area contributed by atoms with Gasteiger partial charge in [-0.05, 0) is 180 Å². The monoisotopic (exact) mass is 1250 g/mol. The topological polar surface area (TPSA) is 16.3 Å². The maximum atomic E-state index is 2.76. The van der Waals surface area contributed by atoms with Crippen molar-refractivity contribution in [2.45, 2.75) is 92.4 Å². The first-order valence-electron chi connectivity index (χ1n) is 34.5. The summed E-state index contributed by atoms with van der Waals surface area (Å²) >= 11 is 0. The SMILES string of the molecule is Cc1c(-n2c3ccccc3c3ccccc32)ccc2c1N(c1cc(-c3ccccc3)cc(C(C)(C)C)c1-c1ccccc1)c1cc(C(C)(C)C)cc3c1B2c1ccc(-n2c4ccccc4c4ccccc42)c(C)c1N3c1cc(-c2ccccc2)cc(C(C)(C)C)c1-c1ccccc1. The van der Waals surface area contributed by atoms with Gasteiger partial charge in [0.15, 0.2) is 0 Å². The largest absolute Gasteiger partial charge is 0.310 e. The van der Waals surface area contributed by atoms with Gasteiger partial charge in [0.2, 0.25) is 0 Å². The molecule has 0 atom stereocenters. The molecule has 0 spiro atoms. The van der Waals surface area contributed by atoms with E-state index >= 15 is 0 Å². The molecular formula is C92H79BN4. The molecule has 97 heavy (non-hydrogen) atoms. The minimum absolute atomic E-state index is 0.215. The summed E-state index contributed by atoms with van der Waals surface area (Å²) in [6.07, 6.45) is 0. The Labute approximate surface area is 571 Å². The predicted octanol–water partition coefficient (Wildman–Crippen LogP) is 23.1. The van der Waals surface area contributed by atoms with Gasteiger partial charge in [-0.2, -0.15) is 0 Å². The van der Waals surface area contributed by atoms with E-state index in [4.69, 9.17) is 0 Å². The van der Waals surface area contributed by atoms with E-state index in [0.717, 1.165) is 22.7 Å². The van der Waals surface area contributed by atoms with Crippen LogP contribution in [0.3, 0.4) is 0 Å². The van der Waals surface area contributed by atoms with E-state index in [1.165, 1.54) is 155 Å². The number of hydrogen-bond acceptors (Lipinski definition) is 2. The van der Waals surface area contributed by atoms with Gasteiger partial charge in [0.25, 0.3) is 6.71 Å². The fraction of sp³-hybridized carbons (Fsp3) is 0.152. The summed E-state index contributed by atoms with van der Waals surface area (Å²) in [6, 6.07) is 106. The highest BCUT2D eigenvalue weighted by molar-refractivity contribution is 7.00. The summed E-state index contributed by atoms with van der Waals surface area (Å²) in [4.78, 5) is 5.52. The van der Waals surface area contributed by atoms with Crippen molar-refractivity contribution >= 4 is 101 Å².